The van der Waals surface area contributed by atoms with E-state index in [0.29, 0.717) is 30.3 Å². The van der Waals surface area contributed by atoms with E-state index in [1.54, 1.807) is 13.1 Å². The second-order valence-corrected chi connectivity index (χ2v) is 7.71. The number of anilines is 1. The molecule has 0 spiro atoms. The molecule has 2 aliphatic heterocycles. The van der Waals surface area contributed by atoms with Crippen LogP contribution in [0.5, 0.6) is 11.6 Å². The van der Waals surface area contributed by atoms with E-state index in [4.69, 9.17) is 9.47 Å². The van der Waals surface area contributed by atoms with Crippen molar-refractivity contribution >= 4 is 17.5 Å². The molecule has 1 aromatic carbocycles. The van der Waals surface area contributed by atoms with Gasteiger partial charge in [-0.15, -0.1) is 0 Å². The Balaban J connectivity index is 1.54. The maximum absolute atomic E-state index is 12.9. The van der Waals surface area contributed by atoms with Crippen molar-refractivity contribution in [2.75, 3.05) is 25.2 Å². The Morgan fingerprint density at radius 1 is 1.39 bits per heavy atom. The summed E-state index contributed by atoms with van der Waals surface area (Å²) in [6, 6.07) is 6.49. The molecule has 1 aromatic heterocycles. The van der Waals surface area contributed by atoms with E-state index >= 15 is 0 Å². The van der Waals surface area contributed by atoms with Gasteiger partial charge in [0.2, 0.25) is 5.88 Å². The number of benzene rings is 1. The quantitative estimate of drug-likeness (QED) is 0.843. The third-order valence-electron chi connectivity index (χ3n) is 5.63. The van der Waals surface area contributed by atoms with Crippen LogP contribution in [0.2, 0.25) is 0 Å². The van der Waals surface area contributed by atoms with Crippen molar-refractivity contribution in [2.45, 2.75) is 32.7 Å². The number of nitrogens with one attached hydrogen (secondary N) is 2. The van der Waals surface area contributed by atoms with Crippen molar-refractivity contribution in [1.82, 2.24) is 15.5 Å². The molecule has 2 aliphatic rings. The summed E-state index contributed by atoms with van der Waals surface area (Å²) in [7, 11) is 1.67. The fourth-order valence-corrected chi connectivity index (χ4v) is 3.55. The van der Waals surface area contributed by atoms with Crippen LogP contribution in [0.25, 0.3) is 0 Å². The third kappa shape index (κ3) is 3.08. The standard InChI is InChI=1S/C20H24N4O4/c1-4-20(2)9-12-16(22-23-18(12)28-11-20)17(25)21-13-10-27-15-8-6-5-7-14(15)24(3)19(13)26/h5-8,13H,4,9-11H2,1-3H3,(H,21,25)(H,22,23)/t13-,20-/m0/s1. The molecule has 2 amide bonds. The van der Waals surface area contributed by atoms with E-state index in [1.165, 1.54) is 4.90 Å². The summed E-state index contributed by atoms with van der Waals surface area (Å²) < 4.78 is 11.5. The SMILES string of the molecule is CC[C@]1(C)COc2[nH]nc(C(=O)N[C@H]3COc4ccccc4N(C)C3=O)c2C1. The van der Waals surface area contributed by atoms with Crippen molar-refractivity contribution in [3.05, 3.63) is 35.5 Å². The Kier molecular flexibility index (Phi) is 4.49. The van der Waals surface area contributed by atoms with E-state index in [9.17, 15) is 9.59 Å². The van der Waals surface area contributed by atoms with Crippen LogP contribution in [-0.4, -0.2) is 48.3 Å². The molecule has 0 radical (unpaired) electrons. The lowest BCUT2D eigenvalue weighted by atomic mass is 9.80. The topological polar surface area (TPSA) is 96.5 Å². The molecule has 8 nitrogen and oxygen atoms in total. The number of amides is 2. The highest BCUT2D eigenvalue weighted by Crippen LogP contribution is 2.37. The number of fused-ring (bicyclic) bond motifs is 2. The molecule has 0 aliphatic carbocycles. The molecule has 0 fully saturated rings. The van der Waals surface area contributed by atoms with Crippen LogP contribution in [0.1, 0.15) is 36.3 Å². The lowest BCUT2D eigenvalue weighted by molar-refractivity contribution is -0.120. The number of aromatic nitrogens is 2. The zero-order valence-corrected chi connectivity index (χ0v) is 16.2. The summed E-state index contributed by atoms with van der Waals surface area (Å²) in [5, 5.41) is 9.71. The zero-order chi connectivity index (χ0) is 19.9. The van der Waals surface area contributed by atoms with E-state index in [0.717, 1.165) is 12.0 Å². The zero-order valence-electron chi connectivity index (χ0n) is 16.2. The van der Waals surface area contributed by atoms with E-state index in [2.05, 4.69) is 29.4 Å². The van der Waals surface area contributed by atoms with Crippen LogP contribution in [0.15, 0.2) is 24.3 Å². The molecule has 0 saturated carbocycles. The van der Waals surface area contributed by atoms with Crippen LogP contribution >= 0.6 is 0 Å². The van der Waals surface area contributed by atoms with Crippen molar-refractivity contribution in [1.29, 1.82) is 0 Å². The summed E-state index contributed by atoms with van der Waals surface area (Å²) in [5.74, 6) is 0.489. The Bertz CT molecular complexity index is 925. The molecule has 8 heteroatoms. The molecule has 2 atom stereocenters. The van der Waals surface area contributed by atoms with E-state index in [-0.39, 0.29) is 23.6 Å². The van der Waals surface area contributed by atoms with Gasteiger partial charge in [-0.05, 0) is 25.0 Å². The number of nitrogens with zero attached hydrogens (tertiary/aromatic N) is 2. The van der Waals surface area contributed by atoms with Gasteiger partial charge in [0.05, 0.1) is 12.3 Å². The van der Waals surface area contributed by atoms with Gasteiger partial charge >= 0.3 is 0 Å². The molecule has 0 bridgehead atoms. The number of carbonyl (C=O) groups excluding carboxylic acids is 2. The Hall–Kier alpha value is -3.03. The lowest BCUT2D eigenvalue weighted by Gasteiger charge is -2.32. The van der Waals surface area contributed by atoms with Gasteiger partial charge in [0.15, 0.2) is 5.69 Å². The first-order valence-corrected chi connectivity index (χ1v) is 9.42. The number of likely N-dealkylation sites (N-methyl/N-ethyl adjacent to an activating group) is 1. The molecule has 0 unspecified atom stereocenters. The lowest BCUT2D eigenvalue weighted by Crippen LogP contribution is -2.49. The fourth-order valence-electron chi connectivity index (χ4n) is 3.55. The largest absolute Gasteiger partial charge is 0.489 e. The second kappa shape index (κ2) is 6.85. The first-order chi connectivity index (χ1) is 13.4. The average molecular weight is 384 g/mol. The fraction of sp³-hybridized carbons (Fsp3) is 0.450. The van der Waals surface area contributed by atoms with Gasteiger partial charge in [0.25, 0.3) is 11.8 Å². The first kappa shape index (κ1) is 18.3. The molecule has 148 valence electrons. The van der Waals surface area contributed by atoms with Crippen LogP contribution in [0.3, 0.4) is 0 Å². The van der Waals surface area contributed by atoms with Crippen LogP contribution in [-0.2, 0) is 11.2 Å². The summed E-state index contributed by atoms with van der Waals surface area (Å²) in [6.45, 7) is 4.86. The van der Waals surface area contributed by atoms with Crippen LogP contribution in [0.4, 0.5) is 5.69 Å². The predicted molar refractivity (Wildman–Crippen MR) is 103 cm³/mol. The molecular weight excluding hydrogens is 360 g/mol. The minimum atomic E-state index is -0.806. The highest BCUT2D eigenvalue weighted by atomic mass is 16.5. The van der Waals surface area contributed by atoms with Gasteiger partial charge in [-0.1, -0.05) is 26.0 Å². The van der Waals surface area contributed by atoms with Crippen LogP contribution in [0, 0.1) is 5.41 Å². The van der Waals surface area contributed by atoms with Gasteiger partial charge in [-0.3, -0.25) is 9.59 Å². The van der Waals surface area contributed by atoms with Crippen molar-refractivity contribution in [3.63, 3.8) is 0 Å². The Morgan fingerprint density at radius 3 is 2.96 bits per heavy atom. The number of H-pyrrole nitrogens is 1. The molecule has 4 rings (SSSR count). The number of ether oxygens (including phenoxy) is 2. The van der Waals surface area contributed by atoms with Gasteiger partial charge < -0.3 is 19.7 Å². The third-order valence-corrected chi connectivity index (χ3v) is 5.63. The maximum atomic E-state index is 12.9. The van der Waals surface area contributed by atoms with Gasteiger partial charge in [-0.25, -0.2) is 5.10 Å². The highest BCUT2D eigenvalue weighted by molar-refractivity contribution is 6.03. The minimum Gasteiger partial charge on any atom is -0.489 e. The van der Waals surface area contributed by atoms with Crippen molar-refractivity contribution in [3.8, 4) is 11.6 Å². The average Bonchev–Trinajstić information content (AvgIpc) is 3.08. The van der Waals surface area contributed by atoms with Gasteiger partial charge in [-0.2, -0.15) is 5.10 Å². The number of aromatic amines is 1. The number of hydrogen-bond donors (Lipinski definition) is 2. The number of rotatable bonds is 3. The smallest absolute Gasteiger partial charge is 0.272 e. The summed E-state index contributed by atoms with van der Waals surface area (Å²) in [5.41, 5.74) is 1.65. The summed E-state index contributed by atoms with van der Waals surface area (Å²) >= 11 is 0. The molecular formula is C20H24N4O4. The monoisotopic (exact) mass is 384 g/mol. The molecule has 2 N–H and O–H groups in total. The second-order valence-electron chi connectivity index (χ2n) is 7.71. The van der Waals surface area contributed by atoms with Gasteiger partial charge in [0, 0.05) is 18.0 Å². The summed E-state index contributed by atoms with van der Waals surface area (Å²) in [4.78, 5) is 27.2. The normalized spacial score (nSPS) is 23.8. The van der Waals surface area contributed by atoms with Crippen molar-refractivity contribution < 1.29 is 19.1 Å². The molecule has 2 aromatic rings. The first-order valence-electron chi connectivity index (χ1n) is 9.42. The number of para-hydroxylation sites is 2. The van der Waals surface area contributed by atoms with E-state index in [1.807, 2.05) is 18.2 Å². The maximum Gasteiger partial charge on any atom is 0.272 e. The van der Waals surface area contributed by atoms with E-state index < -0.39 is 11.9 Å². The summed E-state index contributed by atoms with van der Waals surface area (Å²) in [6.07, 6.45) is 1.62. The highest BCUT2D eigenvalue weighted by Gasteiger charge is 2.36. The number of carbonyl (C=O) groups is 2. The molecule has 28 heavy (non-hydrogen) atoms. The Morgan fingerprint density at radius 2 is 2.18 bits per heavy atom. The molecule has 3 heterocycles. The van der Waals surface area contributed by atoms with Crippen LogP contribution < -0.4 is 19.7 Å². The molecule has 0 saturated heterocycles. The Labute approximate surface area is 163 Å². The minimum absolute atomic E-state index is 0.0466. The van der Waals surface area contributed by atoms with Gasteiger partial charge in [0.1, 0.15) is 18.4 Å². The van der Waals surface area contributed by atoms with Crippen molar-refractivity contribution in [2.24, 2.45) is 5.41 Å². The predicted octanol–water partition coefficient (Wildman–Crippen LogP) is 1.91. The number of hydrogen-bond acceptors (Lipinski definition) is 5.